The van der Waals surface area contributed by atoms with Gasteiger partial charge in [0.15, 0.2) is 5.69 Å². The maximum Gasteiger partial charge on any atom is 0.406 e. The van der Waals surface area contributed by atoms with Crippen LogP contribution < -0.4 is 4.73 Å². The van der Waals surface area contributed by atoms with E-state index in [1.54, 1.807) is 18.2 Å². The number of rotatable bonds is 5. The molecule has 2 aromatic carbocycles. The molecule has 10 heteroatoms. The molecule has 0 spiro atoms. The molecule has 0 amide bonds. The fraction of sp³-hybridized carbons (Fsp3) is 0.111. The molecule has 0 atom stereocenters. The molecule has 1 heterocycles. The summed E-state index contributed by atoms with van der Waals surface area (Å²) < 4.78 is 10.1. The van der Waals surface area contributed by atoms with Crippen LogP contribution in [0.1, 0.15) is 26.5 Å². The first-order valence-corrected chi connectivity index (χ1v) is 7.93. The Morgan fingerprint density at radius 2 is 1.89 bits per heavy atom. The molecule has 0 aliphatic rings. The van der Waals surface area contributed by atoms with Crippen molar-refractivity contribution in [3.63, 3.8) is 0 Å². The maximum absolute atomic E-state index is 12.5. The first-order chi connectivity index (χ1) is 13.4. The number of nitro benzene ring substituents is 1. The van der Waals surface area contributed by atoms with Crippen LogP contribution in [-0.4, -0.2) is 29.0 Å². The summed E-state index contributed by atoms with van der Waals surface area (Å²) in [5, 5.41) is 23.4. The predicted octanol–water partition coefficient (Wildman–Crippen LogP) is 1.92. The average Bonchev–Trinajstić information content (AvgIpc) is 2.71. The summed E-state index contributed by atoms with van der Waals surface area (Å²) >= 11 is 0. The molecule has 0 saturated heterocycles. The van der Waals surface area contributed by atoms with Gasteiger partial charge in [-0.15, -0.1) is 0 Å². The van der Waals surface area contributed by atoms with Gasteiger partial charge in [-0.05, 0) is 12.1 Å². The number of fused-ring (bicyclic) bond motifs is 1. The van der Waals surface area contributed by atoms with E-state index in [-0.39, 0.29) is 22.5 Å². The van der Waals surface area contributed by atoms with E-state index in [9.17, 15) is 24.9 Å². The molecule has 0 radical (unpaired) electrons. The molecule has 0 bridgehead atoms. The van der Waals surface area contributed by atoms with Crippen molar-refractivity contribution in [1.82, 2.24) is 4.98 Å². The molecule has 142 valence electrons. The van der Waals surface area contributed by atoms with Crippen molar-refractivity contribution in [1.29, 1.82) is 0 Å². The van der Waals surface area contributed by atoms with Gasteiger partial charge in [-0.2, -0.15) is 4.73 Å². The van der Waals surface area contributed by atoms with Crippen LogP contribution in [0.25, 0.3) is 11.0 Å². The lowest BCUT2D eigenvalue weighted by Gasteiger charge is -2.11. The molecule has 0 aliphatic heterocycles. The maximum atomic E-state index is 12.5. The smallest absolute Gasteiger partial charge is 0.406 e. The number of para-hydroxylation sites is 2. The molecule has 0 aliphatic carbocycles. The molecule has 0 saturated carbocycles. The van der Waals surface area contributed by atoms with E-state index in [2.05, 4.69) is 9.72 Å². The summed E-state index contributed by atoms with van der Waals surface area (Å²) in [5.41, 5.74) is -0.383. The zero-order valence-corrected chi connectivity index (χ0v) is 14.5. The van der Waals surface area contributed by atoms with E-state index < -0.39 is 29.2 Å². The van der Waals surface area contributed by atoms with Crippen LogP contribution in [-0.2, 0) is 16.1 Å². The topological polar surface area (TPSA) is 136 Å². The van der Waals surface area contributed by atoms with Gasteiger partial charge in [0, 0.05) is 18.2 Å². The molecule has 0 fully saturated rings. The Morgan fingerprint density at radius 3 is 2.61 bits per heavy atom. The van der Waals surface area contributed by atoms with E-state index >= 15 is 0 Å². The number of carbonyl (C=O) groups excluding carboxylic acids is 2. The van der Waals surface area contributed by atoms with E-state index in [0.717, 1.165) is 13.2 Å². The number of non-ortho nitro benzene ring substituents is 1. The van der Waals surface area contributed by atoms with Crippen molar-refractivity contribution in [3.8, 4) is 0 Å². The third-order valence-electron chi connectivity index (χ3n) is 3.84. The SMILES string of the molecule is COC(=O)c1c(COC(=O)c2cccc([N+](=O)[O-])c2)nc2ccccc2[n+]1[O-]. The van der Waals surface area contributed by atoms with E-state index in [1.807, 2.05) is 0 Å². The number of carbonyl (C=O) groups is 2. The number of hydrogen-bond donors (Lipinski definition) is 0. The lowest BCUT2D eigenvalue weighted by molar-refractivity contribution is -0.581. The monoisotopic (exact) mass is 383 g/mol. The molecule has 1 aromatic heterocycles. The summed E-state index contributed by atoms with van der Waals surface area (Å²) in [7, 11) is 1.11. The highest BCUT2D eigenvalue weighted by Crippen LogP contribution is 2.16. The number of ether oxygens (including phenoxy) is 2. The lowest BCUT2D eigenvalue weighted by Crippen LogP contribution is -2.38. The molecule has 3 aromatic rings. The zero-order chi connectivity index (χ0) is 20.3. The van der Waals surface area contributed by atoms with Crippen LogP contribution in [0, 0.1) is 15.3 Å². The molecule has 28 heavy (non-hydrogen) atoms. The highest BCUT2D eigenvalue weighted by molar-refractivity contribution is 5.91. The van der Waals surface area contributed by atoms with Gasteiger partial charge in [0.1, 0.15) is 12.1 Å². The largest absolute Gasteiger partial charge is 0.618 e. The Balaban J connectivity index is 1.93. The number of nitro groups is 1. The average molecular weight is 383 g/mol. The van der Waals surface area contributed by atoms with Crippen molar-refractivity contribution >= 4 is 28.7 Å². The van der Waals surface area contributed by atoms with Crippen molar-refractivity contribution in [2.24, 2.45) is 0 Å². The number of methoxy groups -OCH3 is 1. The molecule has 0 unspecified atom stereocenters. The van der Waals surface area contributed by atoms with E-state index in [0.29, 0.717) is 10.2 Å². The normalized spacial score (nSPS) is 10.5. The minimum Gasteiger partial charge on any atom is -0.618 e. The van der Waals surface area contributed by atoms with Gasteiger partial charge < -0.3 is 14.7 Å². The van der Waals surface area contributed by atoms with Gasteiger partial charge in [0.2, 0.25) is 5.52 Å². The van der Waals surface area contributed by atoms with Crippen molar-refractivity contribution in [2.45, 2.75) is 6.61 Å². The number of nitrogens with zero attached hydrogens (tertiary/aromatic N) is 3. The highest BCUT2D eigenvalue weighted by atomic mass is 16.6. The summed E-state index contributed by atoms with van der Waals surface area (Å²) in [6.07, 6.45) is 0. The Kier molecular flexibility index (Phi) is 5.12. The van der Waals surface area contributed by atoms with Crippen molar-refractivity contribution in [3.05, 3.63) is 80.8 Å². The third-order valence-corrected chi connectivity index (χ3v) is 3.84. The predicted molar refractivity (Wildman–Crippen MR) is 94.3 cm³/mol. The van der Waals surface area contributed by atoms with Crippen LogP contribution >= 0.6 is 0 Å². The lowest BCUT2D eigenvalue weighted by atomic mass is 10.2. The second kappa shape index (κ2) is 7.66. The summed E-state index contributed by atoms with van der Waals surface area (Å²) in [6, 6.07) is 11.3. The van der Waals surface area contributed by atoms with Crippen molar-refractivity contribution < 1.29 is 28.7 Å². The first-order valence-electron chi connectivity index (χ1n) is 7.93. The minimum atomic E-state index is -0.936. The summed E-state index contributed by atoms with van der Waals surface area (Å²) in [4.78, 5) is 38.6. The highest BCUT2D eigenvalue weighted by Gasteiger charge is 2.28. The molecule has 0 N–H and O–H groups in total. The van der Waals surface area contributed by atoms with Gasteiger partial charge >= 0.3 is 17.6 Å². The number of aromatic nitrogens is 2. The van der Waals surface area contributed by atoms with Crippen LogP contribution in [0.4, 0.5) is 5.69 Å². The first kappa shape index (κ1) is 18.7. The fourth-order valence-corrected chi connectivity index (χ4v) is 2.53. The Labute approximate surface area is 157 Å². The van der Waals surface area contributed by atoms with Crippen LogP contribution in [0.5, 0.6) is 0 Å². The number of hydrogen-bond acceptors (Lipinski definition) is 8. The molecule has 10 nitrogen and oxygen atoms in total. The summed E-state index contributed by atoms with van der Waals surface area (Å²) in [5.74, 6) is -1.80. The Bertz CT molecular complexity index is 1100. The van der Waals surface area contributed by atoms with Crippen LogP contribution in [0.3, 0.4) is 0 Å². The van der Waals surface area contributed by atoms with E-state index in [1.165, 1.54) is 24.3 Å². The second-order valence-electron chi connectivity index (χ2n) is 5.57. The second-order valence-corrected chi connectivity index (χ2v) is 5.57. The Hall–Kier alpha value is -4.08. The quantitative estimate of drug-likeness (QED) is 0.214. The fourth-order valence-electron chi connectivity index (χ4n) is 2.53. The van der Waals surface area contributed by atoms with Crippen molar-refractivity contribution in [2.75, 3.05) is 7.11 Å². The van der Waals surface area contributed by atoms with Gasteiger partial charge in [-0.25, -0.2) is 14.6 Å². The van der Waals surface area contributed by atoms with Crippen LogP contribution in [0.15, 0.2) is 48.5 Å². The standard InChI is InChI=1S/C18H13N3O7/c1-27-18(23)16-14(19-13-7-2-3-8-15(13)20(16)24)10-28-17(22)11-5-4-6-12(9-11)21(25)26/h2-9H,10H2,1H3. The van der Waals surface area contributed by atoms with Gasteiger partial charge in [-0.3, -0.25) is 10.1 Å². The minimum absolute atomic E-state index is 0.0513. The number of benzene rings is 2. The zero-order valence-electron chi connectivity index (χ0n) is 14.5. The third kappa shape index (κ3) is 3.56. The summed E-state index contributed by atoms with van der Waals surface area (Å²) in [6.45, 7) is -0.501. The van der Waals surface area contributed by atoms with Gasteiger partial charge in [0.25, 0.3) is 5.69 Å². The van der Waals surface area contributed by atoms with Gasteiger partial charge in [0.05, 0.1) is 17.6 Å². The van der Waals surface area contributed by atoms with Gasteiger partial charge in [-0.1, -0.05) is 18.2 Å². The molecule has 3 rings (SSSR count). The van der Waals surface area contributed by atoms with Crippen LogP contribution in [0.2, 0.25) is 0 Å². The van der Waals surface area contributed by atoms with E-state index in [4.69, 9.17) is 4.74 Å². The Morgan fingerprint density at radius 1 is 1.14 bits per heavy atom. The number of esters is 2. The molecular formula is C18H13N3O7. The molecular weight excluding hydrogens is 370 g/mol.